The summed E-state index contributed by atoms with van der Waals surface area (Å²) in [5, 5.41) is 16.7. The van der Waals surface area contributed by atoms with Crippen LogP contribution in [0.1, 0.15) is 21.7 Å². The molecule has 0 aliphatic rings. The molecule has 0 spiro atoms. The molecule has 8 heteroatoms. The summed E-state index contributed by atoms with van der Waals surface area (Å²) in [7, 11) is 0. The van der Waals surface area contributed by atoms with Gasteiger partial charge in [-0.1, -0.05) is 41.4 Å². The van der Waals surface area contributed by atoms with Gasteiger partial charge >= 0.3 is 0 Å². The van der Waals surface area contributed by atoms with Gasteiger partial charge in [0.1, 0.15) is 0 Å². The van der Waals surface area contributed by atoms with Gasteiger partial charge in [0.05, 0.1) is 11.9 Å². The second-order valence-electron chi connectivity index (χ2n) is 6.36. The van der Waals surface area contributed by atoms with E-state index in [1.165, 1.54) is 0 Å². The van der Waals surface area contributed by atoms with Gasteiger partial charge < -0.3 is 5.32 Å². The monoisotopic (exact) mass is 411 g/mol. The van der Waals surface area contributed by atoms with E-state index in [2.05, 4.69) is 20.6 Å². The van der Waals surface area contributed by atoms with E-state index < -0.39 is 0 Å². The fourth-order valence-corrected chi connectivity index (χ4v) is 3.25. The van der Waals surface area contributed by atoms with Crippen molar-refractivity contribution in [1.82, 2.24) is 19.8 Å². The number of amides is 1. The van der Waals surface area contributed by atoms with Crippen LogP contribution in [-0.4, -0.2) is 25.7 Å². The van der Waals surface area contributed by atoms with E-state index in [1.807, 2.05) is 31.2 Å². The molecule has 28 heavy (non-hydrogen) atoms. The molecule has 4 aromatic rings. The molecule has 0 radical (unpaired) electrons. The number of rotatable bonds is 3. The quantitative estimate of drug-likeness (QED) is 0.516. The summed E-state index contributed by atoms with van der Waals surface area (Å²) >= 11 is 12.2. The number of anilines is 1. The highest BCUT2D eigenvalue weighted by atomic mass is 35.5. The topological polar surface area (TPSA) is 72.2 Å². The van der Waals surface area contributed by atoms with Crippen molar-refractivity contribution < 1.29 is 4.79 Å². The van der Waals surface area contributed by atoms with Gasteiger partial charge in [0.2, 0.25) is 0 Å². The summed E-state index contributed by atoms with van der Waals surface area (Å²) in [6.45, 7) is 3.67. The van der Waals surface area contributed by atoms with Gasteiger partial charge in [-0.05, 0) is 49.2 Å². The molecule has 0 bridgehead atoms. The van der Waals surface area contributed by atoms with Crippen LogP contribution in [0, 0.1) is 13.8 Å². The smallest absolute Gasteiger partial charge is 0.278 e. The van der Waals surface area contributed by atoms with Crippen molar-refractivity contribution in [1.29, 1.82) is 0 Å². The summed E-state index contributed by atoms with van der Waals surface area (Å²) < 4.78 is 1.60. The number of aromatic nitrogens is 4. The zero-order valence-electron chi connectivity index (χ0n) is 15.1. The number of fused-ring (bicyclic) bond motifs is 1. The van der Waals surface area contributed by atoms with Crippen LogP contribution in [0.5, 0.6) is 0 Å². The van der Waals surface area contributed by atoms with Crippen molar-refractivity contribution in [2.24, 2.45) is 0 Å². The fourth-order valence-electron chi connectivity index (χ4n) is 2.88. The second-order valence-corrected chi connectivity index (χ2v) is 7.20. The summed E-state index contributed by atoms with van der Waals surface area (Å²) in [6.07, 6.45) is 1.68. The molecule has 1 N–H and O–H groups in total. The molecule has 0 saturated carbocycles. The molecule has 2 aromatic heterocycles. The second kappa shape index (κ2) is 7.22. The number of carbonyl (C=O) groups excluding carboxylic acids is 1. The molecule has 0 unspecified atom stereocenters. The van der Waals surface area contributed by atoms with Gasteiger partial charge in [-0.2, -0.15) is 5.10 Å². The number of hydrogen-bond acceptors (Lipinski definition) is 4. The van der Waals surface area contributed by atoms with Crippen molar-refractivity contribution in [3.63, 3.8) is 0 Å². The summed E-state index contributed by atoms with van der Waals surface area (Å²) in [5.74, 6) is -0.383. The van der Waals surface area contributed by atoms with Gasteiger partial charge in [0, 0.05) is 21.3 Å². The zero-order valence-corrected chi connectivity index (χ0v) is 16.6. The van der Waals surface area contributed by atoms with Crippen molar-refractivity contribution in [2.45, 2.75) is 13.8 Å². The van der Waals surface area contributed by atoms with Crippen LogP contribution in [0.25, 0.3) is 16.8 Å². The Morgan fingerprint density at radius 2 is 1.89 bits per heavy atom. The lowest BCUT2D eigenvalue weighted by molar-refractivity contribution is 0.102. The Morgan fingerprint density at radius 3 is 2.64 bits per heavy atom. The molecular formula is C20H15Cl2N5O. The number of carbonyl (C=O) groups is 1. The van der Waals surface area contributed by atoms with Crippen LogP contribution < -0.4 is 5.32 Å². The molecule has 0 aliphatic carbocycles. The predicted molar refractivity (Wildman–Crippen MR) is 110 cm³/mol. The minimum atomic E-state index is -0.383. The van der Waals surface area contributed by atoms with Crippen molar-refractivity contribution >= 4 is 40.4 Å². The Kier molecular flexibility index (Phi) is 4.75. The molecule has 0 atom stereocenters. The number of nitrogens with zero attached hydrogens (tertiary/aromatic N) is 4. The van der Waals surface area contributed by atoms with Crippen LogP contribution in [0.3, 0.4) is 0 Å². The average Bonchev–Trinajstić information content (AvgIpc) is 3.10. The number of nitrogens with one attached hydrogen (secondary N) is 1. The van der Waals surface area contributed by atoms with E-state index in [0.29, 0.717) is 27.1 Å². The Labute approximate surface area is 171 Å². The zero-order chi connectivity index (χ0) is 19.8. The van der Waals surface area contributed by atoms with Gasteiger partial charge in [-0.15, -0.1) is 10.2 Å². The molecular weight excluding hydrogens is 397 g/mol. The third kappa shape index (κ3) is 3.32. The molecule has 2 heterocycles. The summed E-state index contributed by atoms with van der Waals surface area (Å²) in [5.41, 5.74) is 4.50. The van der Waals surface area contributed by atoms with E-state index >= 15 is 0 Å². The first-order valence-corrected chi connectivity index (χ1v) is 9.24. The Balaban J connectivity index is 1.70. The van der Waals surface area contributed by atoms with E-state index in [4.69, 9.17) is 23.2 Å². The molecule has 4 rings (SSSR count). The molecule has 0 saturated heterocycles. The van der Waals surface area contributed by atoms with E-state index in [9.17, 15) is 4.79 Å². The lowest BCUT2D eigenvalue weighted by Gasteiger charge is -2.09. The SMILES string of the molecule is Cc1ccc(NC(=O)c2nnc3c(-c4cccc(Cl)c4)cnn3c2C)cc1Cl. The van der Waals surface area contributed by atoms with Crippen molar-refractivity contribution in [3.05, 3.63) is 75.7 Å². The Bertz CT molecular complexity index is 1220. The lowest BCUT2D eigenvalue weighted by Crippen LogP contribution is -2.18. The van der Waals surface area contributed by atoms with Crippen molar-refractivity contribution in [2.75, 3.05) is 5.32 Å². The third-order valence-electron chi connectivity index (χ3n) is 4.43. The minimum Gasteiger partial charge on any atom is -0.320 e. The van der Waals surface area contributed by atoms with Crippen LogP contribution in [-0.2, 0) is 0 Å². The Hall–Kier alpha value is -2.96. The largest absolute Gasteiger partial charge is 0.320 e. The van der Waals surface area contributed by atoms with Crippen LogP contribution in [0.4, 0.5) is 5.69 Å². The van der Waals surface area contributed by atoms with E-state index in [0.717, 1.165) is 16.7 Å². The minimum absolute atomic E-state index is 0.185. The molecule has 6 nitrogen and oxygen atoms in total. The van der Waals surface area contributed by atoms with Crippen molar-refractivity contribution in [3.8, 4) is 11.1 Å². The molecule has 1 amide bonds. The highest BCUT2D eigenvalue weighted by Crippen LogP contribution is 2.26. The maximum absolute atomic E-state index is 12.7. The van der Waals surface area contributed by atoms with E-state index in [1.54, 1.807) is 35.8 Å². The molecule has 140 valence electrons. The standard InChI is InChI=1S/C20H15Cl2N5O/c1-11-6-7-15(9-17(11)22)24-20(28)18-12(2)27-19(26-25-18)16(10-23-27)13-4-3-5-14(21)8-13/h3-10H,1-2H3,(H,24,28). The lowest BCUT2D eigenvalue weighted by atomic mass is 10.1. The van der Waals surface area contributed by atoms with Gasteiger partial charge in [-0.3, -0.25) is 4.79 Å². The number of hydrogen-bond donors (Lipinski definition) is 1. The number of aryl methyl sites for hydroxylation is 2. The number of benzene rings is 2. The van der Waals surface area contributed by atoms with Crippen LogP contribution in [0.15, 0.2) is 48.7 Å². The maximum atomic E-state index is 12.7. The molecule has 0 aliphatic heterocycles. The summed E-state index contributed by atoms with van der Waals surface area (Å²) in [4.78, 5) is 12.7. The predicted octanol–water partition coefficient (Wildman–Crippen LogP) is 4.97. The first-order valence-electron chi connectivity index (χ1n) is 8.48. The van der Waals surface area contributed by atoms with Crippen LogP contribution >= 0.6 is 23.2 Å². The molecule has 0 fully saturated rings. The number of halogens is 2. The van der Waals surface area contributed by atoms with E-state index in [-0.39, 0.29) is 11.6 Å². The van der Waals surface area contributed by atoms with Crippen LogP contribution in [0.2, 0.25) is 10.0 Å². The van der Waals surface area contributed by atoms with Gasteiger partial charge in [0.25, 0.3) is 5.91 Å². The average molecular weight is 412 g/mol. The maximum Gasteiger partial charge on any atom is 0.278 e. The van der Waals surface area contributed by atoms with Gasteiger partial charge in [0.15, 0.2) is 11.3 Å². The fraction of sp³-hybridized carbons (Fsp3) is 0.100. The summed E-state index contributed by atoms with van der Waals surface area (Å²) in [6, 6.07) is 12.7. The third-order valence-corrected chi connectivity index (χ3v) is 5.07. The highest BCUT2D eigenvalue weighted by molar-refractivity contribution is 6.31. The first kappa shape index (κ1) is 18.4. The highest BCUT2D eigenvalue weighted by Gasteiger charge is 2.18. The normalized spacial score (nSPS) is 11.0. The first-order chi connectivity index (χ1) is 13.4. The molecule has 2 aromatic carbocycles. The van der Waals surface area contributed by atoms with Gasteiger partial charge in [-0.25, -0.2) is 4.52 Å². The Morgan fingerprint density at radius 1 is 1.07 bits per heavy atom.